The zero-order chi connectivity index (χ0) is 21.8. The van der Waals surface area contributed by atoms with Crippen LogP contribution in [0, 0.1) is 12.8 Å². The summed E-state index contributed by atoms with van der Waals surface area (Å²) >= 11 is 1.43. The first kappa shape index (κ1) is 21.0. The fourth-order valence-corrected chi connectivity index (χ4v) is 4.65. The third kappa shape index (κ3) is 5.27. The summed E-state index contributed by atoms with van der Waals surface area (Å²) in [5.74, 6) is 0.816. The highest BCUT2D eigenvalue weighted by atomic mass is 32.1. The quantitative estimate of drug-likeness (QED) is 0.587. The lowest BCUT2D eigenvalue weighted by molar-refractivity contribution is -0.138. The van der Waals surface area contributed by atoms with Crippen molar-refractivity contribution < 1.29 is 14.7 Å². The van der Waals surface area contributed by atoms with Crippen LogP contribution >= 0.6 is 11.3 Å². The van der Waals surface area contributed by atoms with Crippen LogP contribution in [0.2, 0.25) is 0 Å². The number of piperidine rings is 1. The molecule has 0 spiro atoms. The number of aromatic nitrogens is 2. The second kappa shape index (κ2) is 9.26. The normalized spacial score (nSPS) is 14.4. The number of aliphatic carboxylic acids is 1. The van der Waals surface area contributed by atoms with Crippen LogP contribution in [0.1, 0.15) is 34.5 Å². The van der Waals surface area contributed by atoms with Gasteiger partial charge in [0.05, 0.1) is 15.4 Å². The molecule has 0 aromatic carbocycles. The molecule has 0 bridgehead atoms. The number of thiophene rings is 1. The number of nitrogens with one attached hydrogen (secondary N) is 1. The van der Waals surface area contributed by atoms with Gasteiger partial charge in [-0.1, -0.05) is 6.07 Å². The summed E-state index contributed by atoms with van der Waals surface area (Å²) in [5.41, 5.74) is 1.91. The number of pyridine rings is 2. The van der Waals surface area contributed by atoms with Gasteiger partial charge < -0.3 is 15.3 Å². The molecule has 1 aliphatic rings. The molecule has 4 rings (SSSR count). The van der Waals surface area contributed by atoms with E-state index in [1.165, 1.54) is 11.3 Å². The molecular formula is C23H24N4O3S. The lowest BCUT2D eigenvalue weighted by atomic mass is 9.93. The molecule has 2 N–H and O–H groups in total. The van der Waals surface area contributed by atoms with E-state index in [4.69, 9.17) is 5.11 Å². The third-order valence-electron chi connectivity index (χ3n) is 5.35. The van der Waals surface area contributed by atoms with E-state index in [1.54, 1.807) is 6.20 Å². The molecular weight excluding hydrogens is 412 g/mol. The number of amides is 1. The Balaban J connectivity index is 1.43. The van der Waals surface area contributed by atoms with Gasteiger partial charge in [-0.2, -0.15) is 0 Å². The second-order valence-electron chi connectivity index (χ2n) is 7.75. The molecule has 0 radical (unpaired) electrons. The van der Waals surface area contributed by atoms with Crippen molar-refractivity contribution in [1.82, 2.24) is 14.9 Å². The first-order chi connectivity index (χ1) is 15.0. The van der Waals surface area contributed by atoms with E-state index in [0.717, 1.165) is 34.8 Å². The van der Waals surface area contributed by atoms with Crippen LogP contribution in [-0.2, 0) is 4.79 Å². The molecule has 8 heteroatoms. The van der Waals surface area contributed by atoms with Crippen molar-refractivity contribution in [1.29, 1.82) is 0 Å². The topological polar surface area (TPSA) is 95.4 Å². The van der Waals surface area contributed by atoms with Crippen molar-refractivity contribution in [2.45, 2.75) is 26.2 Å². The molecule has 0 saturated carbocycles. The maximum Gasteiger partial charge on any atom is 0.303 e. The number of carbonyl (C=O) groups is 2. The molecule has 3 aromatic heterocycles. The van der Waals surface area contributed by atoms with Gasteiger partial charge in [0.1, 0.15) is 11.6 Å². The fraction of sp³-hybridized carbons (Fsp3) is 0.304. The highest BCUT2D eigenvalue weighted by Crippen LogP contribution is 2.30. The minimum absolute atomic E-state index is 0.00302. The lowest BCUT2D eigenvalue weighted by Crippen LogP contribution is -2.38. The minimum Gasteiger partial charge on any atom is -0.481 e. The summed E-state index contributed by atoms with van der Waals surface area (Å²) in [5, 5.41) is 12.2. The highest BCUT2D eigenvalue weighted by Gasteiger charge is 2.26. The first-order valence-corrected chi connectivity index (χ1v) is 11.1. The van der Waals surface area contributed by atoms with E-state index in [-0.39, 0.29) is 18.2 Å². The van der Waals surface area contributed by atoms with E-state index in [2.05, 4.69) is 15.3 Å². The molecule has 1 fully saturated rings. The lowest BCUT2D eigenvalue weighted by Gasteiger charge is -2.31. The van der Waals surface area contributed by atoms with Crippen molar-refractivity contribution in [3.8, 4) is 10.6 Å². The summed E-state index contributed by atoms with van der Waals surface area (Å²) in [6.45, 7) is 3.21. The van der Waals surface area contributed by atoms with E-state index in [1.807, 2.05) is 54.3 Å². The number of anilines is 2. The molecule has 160 valence electrons. The summed E-state index contributed by atoms with van der Waals surface area (Å²) in [4.78, 5) is 36.2. The number of rotatable bonds is 6. The average Bonchev–Trinajstić information content (AvgIpc) is 3.24. The number of carbonyl (C=O) groups excluding carboxylic acids is 1. The van der Waals surface area contributed by atoms with Crippen molar-refractivity contribution in [3.63, 3.8) is 0 Å². The van der Waals surface area contributed by atoms with Crippen LogP contribution in [-0.4, -0.2) is 44.9 Å². The number of carboxylic acids is 1. The Morgan fingerprint density at radius 1 is 1.16 bits per heavy atom. The van der Waals surface area contributed by atoms with Crippen LogP contribution in [0.3, 0.4) is 0 Å². The van der Waals surface area contributed by atoms with Crippen molar-refractivity contribution in [2.24, 2.45) is 5.92 Å². The molecule has 31 heavy (non-hydrogen) atoms. The zero-order valence-corrected chi connectivity index (χ0v) is 18.1. The van der Waals surface area contributed by atoms with E-state index in [0.29, 0.717) is 23.8 Å². The molecule has 4 heterocycles. The van der Waals surface area contributed by atoms with Gasteiger partial charge in [0.25, 0.3) is 5.91 Å². The van der Waals surface area contributed by atoms with Gasteiger partial charge in [0.15, 0.2) is 0 Å². The van der Waals surface area contributed by atoms with Gasteiger partial charge >= 0.3 is 5.97 Å². The first-order valence-electron chi connectivity index (χ1n) is 10.3. The maximum atomic E-state index is 12.9. The van der Waals surface area contributed by atoms with Crippen molar-refractivity contribution in [2.75, 3.05) is 18.4 Å². The molecule has 0 unspecified atom stereocenters. The zero-order valence-electron chi connectivity index (χ0n) is 17.2. The van der Waals surface area contributed by atoms with Gasteiger partial charge in [0, 0.05) is 25.7 Å². The number of likely N-dealkylation sites (tertiary alicyclic amines) is 1. The van der Waals surface area contributed by atoms with Crippen LogP contribution in [0.4, 0.5) is 11.6 Å². The molecule has 1 aliphatic heterocycles. The van der Waals surface area contributed by atoms with Crippen LogP contribution in [0.5, 0.6) is 0 Å². The van der Waals surface area contributed by atoms with E-state index >= 15 is 0 Å². The molecule has 0 aliphatic carbocycles. The Morgan fingerprint density at radius 2 is 1.97 bits per heavy atom. The van der Waals surface area contributed by atoms with Gasteiger partial charge in [-0.25, -0.2) is 9.97 Å². The van der Waals surface area contributed by atoms with Gasteiger partial charge in [-0.15, -0.1) is 11.3 Å². The highest BCUT2D eigenvalue weighted by molar-refractivity contribution is 7.17. The summed E-state index contributed by atoms with van der Waals surface area (Å²) in [6, 6.07) is 13.4. The van der Waals surface area contributed by atoms with E-state index < -0.39 is 5.97 Å². The Bertz CT molecular complexity index is 1090. The van der Waals surface area contributed by atoms with Gasteiger partial charge in [-0.05, 0) is 67.6 Å². The SMILES string of the molecule is Cc1ccnc(Nc2cccc(-c3ccc(C(=O)N4CCC(CC(=O)O)CC4)s3)n2)c1. The Morgan fingerprint density at radius 3 is 2.71 bits per heavy atom. The maximum absolute atomic E-state index is 12.9. The standard InChI is InChI=1S/C23H24N4O3S/c1-15-7-10-24-21(13-15)26-20-4-2-3-17(25-20)18-5-6-19(31-18)23(30)27-11-8-16(9-12-27)14-22(28)29/h2-7,10,13,16H,8-9,11-12,14H2,1H3,(H,28,29)(H,24,25,26). The predicted molar refractivity (Wildman–Crippen MR) is 121 cm³/mol. The third-order valence-corrected chi connectivity index (χ3v) is 6.45. The number of nitrogens with zero attached hydrogens (tertiary/aromatic N) is 3. The molecule has 1 amide bonds. The number of hydrogen-bond acceptors (Lipinski definition) is 6. The van der Waals surface area contributed by atoms with Crippen LogP contribution in [0.15, 0.2) is 48.7 Å². The van der Waals surface area contributed by atoms with Gasteiger partial charge in [0.2, 0.25) is 0 Å². The number of aryl methyl sites for hydroxylation is 1. The molecule has 1 saturated heterocycles. The summed E-state index contributed by atoms with van der Waals surface area (Å²) in [6.07, 6.45) is 3.40. The molecule has 0 atom stereocenters. The summed E-state index contributed by atoms with van der Waals surface area (Å²) < 4.78 is 0. The monoisotopic (exact) mass is 436 g/mol. The predicted octanol–water partition coefficient (Wildman–Crippen LogP) is 4.58. The van der Waals surface area contributed by atoms with Crippen molar-refractivity contribution in [3.05, 3.63) is 59.1 Å². The number of carboxylic acid groups (broad SMARTS) is 1. The smallest absolute Gasteiger partial charge is 0.303 e. The average molecular weight is 437 g/mol. The second-order valence-corrected chi connectivity index (χ2v) is 8.83. The molecule has 7 nitrogen and oxygen atoms in total. The molecule has 3 aromatic rings. The minimum atomic E-state index is -0.768. The Labute approximate surface area is 184 Å². The van der Waals surface area contributed by atoms with Crippen LogP contribution < -0.4 is 5.32 Å². The fourth-order valence-electron chi connectivity index (χ4n) is 3.71. The largest absolute Gasteiger partial charge is 0.481 e. The Hall–Kier alpha value is -3.26. The van der Waals surface area contributed by atoms with Gasteiger partial charge in [-0.3, -0.25) is 9.59 Å². The number of hydrogen-bond donors (Lipinski definition) is 2. The van der Waals surface area contributed by atoms with Crippen LogP contribution in [0.25, 0.3) is 10.6 Å². The van der Waals surface area contributed by atoms with E-state index in [9.17, 15) is 9.59 Å². The Kier molecular flexibility index (Phi) is 6.27. The summed E-state index contributed by atoms with van der Waals surface area (Å²) in [7, 11) is 0. The van der Waals surface area contributed by atoms with Crippen molar-refractivity contribution >= 4 is 34.8 Å².